The number of piperidine rings is 1. The molecule has 1 aliphatic heterocycles. The zero-order chi connectivity index (χ0) is 21.9. The highest BCUT2D eigenvalue weighted by atomic mass is 32.2. The zero-order valence-electron chi connectivity index (χ0n) is 16.8. The molecule has 1 saturated heterocycles. The topological polar surface area (TPSA) is 75.7 Å². The van der Waals surface area contributed by atoms with Gasteiger partial charge in [-0.25, -0.2) is 17.2 Å². The summed E-state index contributed by atoms with van der Waals surface area (Å²) in [7, 11) is -2.48. The Labute approximate surface area is 174 Å². The lowest BCUT2D eigenvalue weighted by atomic mass is 9.82. The number of hydrogen-bond acceptors (Lipinski definition) is 4. The van der Waals surface area contributed by atoms with Gasteiger partial charge in [-0.05, 0) is 55.7 Å². The number of hydrogen-bond donors (Lipinski definition) is 1. The first-order chi connectivity index (χ1) is 14.2. The Bertz CT molecular complexity index is 1030. The number of amides is 1. The van der Waals surface area contributed by atoms with Crippen LogP contribution >= 0.6 is 0 Å². The van der Waals surface area contributed by atoms with E-state index in [1.54, 1.807) is 26.2 Å². The maximum Gasteiger partial charge on any atom is 0.243 e. The van der Waals surface area contributed by atoms with Crippen molar-refractivity contribution in [2.45, 2.75) is 31.2 Å². The summed E-state index contributed by atoms with van der Waals surface area (Å²) in [4.78, 5) is 12.5. The fraction of sp³-hybridized carbons (Fsp3) is 0.381. The van der Waals surface area contributed by atoms with Crippen LogP contribution in [0.15, 0.2) is 47.4 Å². The molecule has 0 aromatic heterocycles. The molecule has 1 heterocycles. The maximum atomic E-state index is 13.5. The van der Waals surface area contributed by atoms with Crippen molar-refractivity contribution in [3.8, 4) is 5.75 Å². The molecule has 2 aromatic carbocycles. The van der Waals surface area contributed by atoms with E-state index in [4.69, 9.17) is 4.74 Å². The van der Waals surface area contributed by atoms with Crippen LogP contribution in [-0.2, 0) is 21.4 Å². The Kier molecular flexibility index (Phi) is 6.42. The molecule has 9 heteroatoms. The quantitative estimate of drug-likeness (QED) is 0.752. The lowest BCUT2D eigenvalue weighted by molar-refractivity contribution is -0.132. The van der Waals surface area contributed by atoms with Crippen molar-refractivity contribution in [2.75, 3.05) is 20.2 Å². The van der Waals surface area contributed by atoms with Gasteiger partial charge >= 0.3 is 0 Å². The number of ether oxygens (including phenoxy) is 1. The van der Waals surface area contributed by atoms with Crippen LogP contribution in [0.3, 0.4) is 0 Å². The van der Waals surface area contributed by atoms with E-state index in [9.17, 15) is 22.0 Å². The summed E-state index contributed by atoms with van der Waals surface area (Å²) in [6.45, 7) is 2.18. The van der Waals surface area contributed by atoms with Gasteiger partial charge in [0.15, 0.2) is 11.6 Å². The summed E-state index contributed by atoms with van der Waals surface area (Å²) < 4.78 is 58.8. The molecule has 0 bridgehead atoms. The first kappa shape index (κ1) is 22.2. The van der Waals surface area contributed by atoms with Crippen molar-refractivity contribution in [1.29, 1.82) is 0 Å². The van der Waals surface area contributed by atoms with E-state index in [1.165, 1.54) is 0 Å². The van der Waals surface area contributed by atoms with Crippen LogP contribution < -0.4 is 10.1 Å². The molecule has 1 atom stereocenters. The third kappa shape index (κ3) is 4.62. The van der Waals surface area contributed by atoms with Crippen LogP contribution in [0.5, 0.6) is 5.75 Å². The molecule has 0 unspecified atom stereocenters. The Morgan fingerprint density at radius 2 is 1.87 bits per heavy atom. The standard InChI is InChI=1S/C21H24F2N2O4S/c1-21(20(26)24-13-15-4-6-16(29-2)7-5-15)10-3-11-25(14-21)30(27,28)17-8-9-18(22)19(23)12-17/h4-9,12H,3,10-11,13-14H2,1-2H3,(H,24,26)/t21-/m1/s1. The van der Waals surface area contributed by atoms with Gasteiger partial charge in [0, 0.05) is 19.6 Å². The number of rotatable bonds is 6. The number of benzene rings is 2. The third-order valence-corrected chi connectivity index (χ3v) is 7.19. The first-order valence-electron chi connectivity index (χ1n) is 9.52. The van der Waals surface area contributed by atoms with E-state index in [2.05, 4.69) is 5.32 Å². The molecular formula is C21H24F2N2O4S. The minimum absolute atomic E-state index is 0.0389. The smallest absolute Gasteiger partial charge is 0.243 e. The lowest BCUT2D eigenvalue weighted by Crippen LogP contribution is -2.51. The van der Waals surface area contributed by atoms with Gasteiger partial charge in [-0.15, -0.1) is 0 Å². The number of methoxy groups -OCH3 is 1. The second-order valence-electron chi connectivity index (χ2n) is 7.61. The molecule has 162 valence electrons. The van der Waals surface area contributed by atoms with Crippen molar-refractivity contribution in [3.05, 3.63) is 59.7 Å². The van der Waals surface area contributed by atoms with Crippen molar-refractivity contribution in [3.63, 3.8) is 0 Å². The molecule has 0 spiro atoms. The highest BCUT2D eigenvalue weighted by molar-refractivity contribution is 7.89. The number of halogens is 2. The summed E-state index contributed by atoms with van der Waals surface area (Å²) >= 11 is 0. The predicted molar refractivity (Wildman–Crippen MR) is 107 cm³/mol. The van der Waals surface area contributed by atoms with Crippen LogP contribution in [0.25, 0.3) is 0 Å². The molecule has 0 radical (unpaired) electrons. The van der Waals surface area contributed by atoms with Gasteiger partial charge in [0.1, 0.15) is 5.75 Å². The largest absolute Gasteiger partial charge is 0.497 e. The summed E-state index contributed by atoms with van der Waals surface area (Å²) in [6, 6.07) is 9.74. The Balaban J connectivity index is 1.71. The zero-order valence-corrected chi connectivity index (χ0v) is 17.6. The summed E-state index contributed by atoms with van der Waals surface area (Å²) in [5.41, 5.74) is -0.0501. The monoisotopic (exact) mass is 438 g/mol. The number of nitrogens with zero attached hydrogens (tertiary/aromatic N) is 1. The maximum absolute atomic E-state index is 13.5. The van der Waals surface area contributed by atoms with Crippen LogP contribution in [0.2, 0.25) is 0 Å². The Morgan fingerprint density at radius 1 is 1.17 bits per heavy atom. The van der Waals surface area contributed by atoms with E-state index < -0.39 is 27.1 Å². The molecule has 0 saturated carbocycles. The van der Waals surface area contributed by atoms with Gasteiger partial charge in [0.05, 0.1) is 17.4 Å². The number of carbonyl (C=O) groups excluding carboxylic acids is 1. The molecule has 1 aliphatic rings. The minimum atomic E-state index is -4.05. The molecule has 1 fully saturated rings. The highest BCUT2D eigenvalue weighted by Crippen LogP contribution is 2.33. The second-order valence-corrected chi connectivity index (χ2v) is 9.55. The summed E-state index contributed by atoms with van der Waals surface area (Å²) in [5, 5.41) is 2.86. The average Bonchev–Trinajstić information content (AvgIpc) is 2.74. The van der Waals surface area contributed by atoms with Crippen LogP contribution in [-0.4, -0.2) is 38.8 Å². The number of nitrogens with one attached hydrogen (secondary N) is 1. The van der Waals surface area contributed by atoms with Gasteiger partial charge in [-0.3, -0.25) is 4.79 Å². The molecule has 1 amide bonds. The van der Waals surface area contributed by atoms with Gasteiger partial charge in [-0.1, -0.05) is 12.1 Å². The molecule has 0 aliphatic carbocycles. The van der Waals surface area contributed by atoms with E-state index in [0.717, 1.165) is 22.0 Å². The summed E-state index contributed by atoms with van der Waals surface area (Å²) in [6.07, 6.45) is 1.00. The molecular weight excluding hydrogens is 414 g/mol. The van der Waals surface area contributed by atoms with E-state index in [1.807, 2.05) is 12.1 Å². The average molecular weight is 438 g/mol. The van der Waals surface area contributed by atoms with Crippen molar-refractivity contribution in [1.82, 2.24) is 9.62 Å². The minimum Gasteiger partial charge on any atom is -0.497 e. The van der Waals surface area contributed by atoms with E-state index in [-0.39, 0.29) is 23.9 Å². The van der Waals surface area contributed by atoms with Crippen molar-refractivity contribution in [2.24, 2.45) is 5.41 Å². The van der Waals surface area contributed by atoms with Crippen LogP contribution in [0.4, 0.5) is 8.78 Å². The van der Waals surface area contributed by atoms with Gasteiger partial charge < -0.3 is 10.1 Å². The highest BCUT2D eigenvalue weighted by Gasteiger charge is 2.42. The van der Waals surface area contributed by atoms with Crippen LogP contribution in [0.1, 0.15) is 25.3 Å². The third-order valence-electron chi connectivity index (χ3n) is 5.35. The normalized spacial score (nSPS) is 20.0. The SMILES string of the molecule is COc1ccc(CNC(=O)[C@]2(C)CCCN(S(=O)(=O)c3ccc(F)c(F)c3)C2)cc1. The number of carbonyl (C=O) groups is 1. The number of sulfonamides is 1. The molecule has 3 rings (SSSR count). The molecule has 30 heavy (non-hydrogen) atoms. The second kappa shape index (κ2) is 8.69. The van der Waals surface area contributed by atoms with E-state index >= 15 is 0 Å². The lowest BCUT2D eigenvalue weighted by Gasteiger charge is -2.38. The van der Waals surface area contributed by atoms with Gasteiger partial charge in [-0.2, -0.15) is 4.31 Å². The van der Waals surface area contributed by atoms with Crippen molar-refractivity contribution >= 4 is 15.9 Å². The summed E-state index contributed by atoms with van der Waals surface area (Å²) in [5.74, 6) is -1.89. The van der Waals surface area contributed by atoms with Crippen molar-refractivity contribution < 1.29 is 26.7 Å². The van der Waals surface area contributed by atoms with Gasteiger partial charge in [0.25, 0.3) is 0 Å². The fourth-order valence-electron chi connectivity index (χ4n) is 3.51. The molecule has 1 N–H and O–H groups in total. The first-order valence-corrected chi connectivity index (χ1v) is 11.0. The predicted octanol–water partition coefficient (Wildman–Crippen LogP) is 3.08. The Morgan fingerprint density at radius 3 is 2.50 bits per heavy atom. The molecule has 6 nitrogen and oxygen atoms in total. The molecule has 2 aromatic rings. The van der Waals surface area contributed by atoms with Gasteiger partial charge in [0.2, 0.25) is 15.9 Å². The van der Waals surface area contributed by atoms with Crippen LogP contribution in [0, 0.1) is 17.0 Å². The Hall–Kier alpha value is -2.52. The van der Waals surface area contributed by atoms with E-state index in [0.29, 0.717) is 31.2 Å². The fourth-order valence-corrected chi connectivity index (χ4v) is 5.12.